The van der Waals surface area contributed by atoms with Gasteiger partial charge < -0.3 is 9.88 Å². The van der Waals surface area contributed by atoms with E-state index in [0.29, 0.717) is 12.1 Å². The first kappa shape index (κ1) is 13.2. The molecular formula is C12H24N4. The topological polar surface area (TPSA) is 42.7 Å². The molecule has 92 valence electrons. The molecule has 4 heteroatoms. The second-order valence-corrected chi connectivity index (χ2v) is 4.64. The summed E-state index contributed by atoms with van der Waals surface area (Å²) >= 11 is 0. The van der Waals surface area contributed by atoms with Crippen molar-refractivity contribution in [1.29, 1.82) is 0 Å². The molecule has 0 amide bonds. The van der Waals surface area contributed by atoms with Gasteiger partial charge in [-0.1, -0.05) is 13.3 Å². The fourth-order valence-electron chi connectivity index (χ4n) is 1.84. The van der Waals surface area contributed by atoms with Gasteiger partial charge in [0.25, 0.3) is 0 Å². The summed E-state index contributed by atoms with van der Waals surface area (Å²) in [4.78, 5) is 0. The van der Waals surface area contributed by atoms with E-state index in [2.05, 4.69) is 47.8 Å². The Hall–Kier alpha value is -0.900. The van der Waals surface area contributed by atoms with Crippen LogP contribution < -0.4 is 5.32 Å². The molecule has 1 N–H and O–H groups in total. The predicted molar refractivity (Wildman–Crippen MR) is 66.5 cm³/mol. The van der Waals surface area contributed by atoms with Crippen LogP contribution >= 0.6 is 0 Å². The fraction of sp³-hybridized carbons (Fsp3) is 0.833. The summed E-state index contributed by atoms with van der Waals surface area (Å²) in [5.74, 6) is 1.08. The Balaban J connectivity index is 2.34. The molecule has 0 aliphatic rings. The second kappa shape index (κ2) is 6.63. The molecule has 16 heavy (non-hydrogen) atoms. The minimum absolute atomic E-state index is 0.443. The monoisotopic (exact) mass is 224 g/mol. The van der Waals surface area contributed by atoms with Crippen LogP contribution in [0.4, 0.5) is 0 Å². The van der Waals surface area contributed by atoms with Gasteiger partial charge >= 0.3 is 0 Å². The summed E-state index contributed by atoms with van der Waals surface area (Å²) in [6, 6.07) is 1.04. The minimum atomic E-state index is 0.443. The van der Waals surface area contributed by atoms with Gasteiger partial charge in [-0.2, -0.15) is 0 Å². The molecule has 1 atom stereocenters. The average molecular weight is 224 g/mol. The molecule has 0 aliphatic heterocycles. The molecule has 0 aromatic carbocycles. The standard InChI is InChI=1S/C12H24N4/c1-5-6-11(4)13-8-7-12-15-14-9-16(12)10(2)3/h9-11,13H,5-8H2,1-4H3. The molecule has 1 aromatic heterocycles. The summed E-state index contributed by atoms with van der Waals surface area (Å²) < 4.78 is 2.13. The molecule has 0 saturated heterocycles. The highest BCUT2D eigenvalue weighted by Crippen LogP contribution is 2.06. The lowest BCUT2D eigenvalue weighted by atomic mass is 10.2. The number of aromatic nitrogens is 3. The van der Waals surface area contributed by atoms with Crippen molar-refractivity contribution < 1.29 is 0 Å². The van der Waals surface area contributed by atoms with Gasteiger partial charge in [-0.15, -0.1) is 10.2 Å². The molecule has 1 unspecified atom stereocenters. The third-order valence-corrected chi connectivity index (χ3v) is 2.77. The van der Waals surface area contributed by atoms with Crippen molar-refractivity contribution in [3.8, 4) is 0 Å². The van der Waals surface area contributed by atoms with Crippen molar-refractivity contribution in [2.75, 3.05) is 6.54 Å². The Bertz CT molecular complexity index is 293. The Labute approximate surface area is 98.5 Å². The zero-order chi connectivity index (χ0) is 12.0. The second-order valence-electron chi connectivity index (χ2n) is 4.64. The van der Waals surface area contributed by atoms with E-state index in [9.17, 15) is 0 Å². The molecular weight excluding hydrogens is 200 g/mol. The first-order valence-electron chi connectivity index (χ1n) is 6.26. The summed E-state index contributed by atoms with van der Waals surface area (Å²) in [5.41, 5.74) is 0. The Morgan fingerprint density at radius 1 is 1.38 bits per heavy atom. The molecule has 0 aliphatic carbocycles. The van der Waals surface area contributed by atoms with Gasteiger partial charge in [0.05, 0.1) is 0 Å². The zero-order valence-corrected chi connectivity index (χ0v) is 10.9. The quantitative estimate of drug-likeness (QED) is 0.772. The van der Waals surface area contributed by atoms with Crippen molar-refractivity contribution >= 4 is 0 Å². The molecule has 1 heterocycles. The molecule has 0 saturated carbocycles. The number of rotatable bonds is 7. The molecule has 0 bridgehead atoms. The maximum Gasteiger partial charge on any atom is 0.134 e. The largest absolute Gasteiger partial charge is 0.315 e. The smallest absolute Gasteiger partial charge is 0.134 e. The number of hydrogen-bond donors (Lipinski definition) is 1. The van der Waals surface area contributed by atoms with E-state index < -0.39 is 0 Å². The Kier molecular flexibility index (Phi) is 5.46. The highest BCUT2D eigenvalue weighted by molar-refractivity contribution is 4.88. The zero-order valence-electron chi connectivity index (χ0n) is 10.9. The van der Waals surface area contributed by atoms with E-state index in [-0.39, 0.29) is 0 Å². The van der Waals surface area contributed by atoms with E-state index in [1.54, 1.807) is 0 Å². The van der Waals surface area contributed by atoms with Crippen LogP contribution in [-0.2, 0) is 6.42 Å². The van der Waals surface area contributed by atoms with Crippen LogP contribution in [0.3, 0.4) is 0 Å². The van der Waals surface area contributed by atoms with Crippen LogP contribution in [0.25, 0.3) is 0 Å². The van der Waals surface area contributed by atoms with Crippen molar-refractivity contribution in [3.63, 3.8) is 0 Å². The third-order valence-electron chi connectivity index (χ3n) is 2.77. The van der Waals surface area contributed by atoms with Crippen molar-refractivity contribution in [2.24, 2.45) is 0 Å². The summed E-state index contributed by atoms with van der Waals surface area (Å²) in [5, 5.41) is 11.6. The average Bonchev–Trinajstić information content (AvgIpc) is 2.66. The molecule has 0 radical (unpaired) electrons. The molecule has 0 fully saturated rings. The SMILES string of the molecule is CCCC(C)NCCc1nncn1C(C)C. The normalized spacial score (nSPS) is 13.3. The Morgan fingerprint density at radius 2 is 2.12 bits per heavy atom. The first-order chi connectivity index (χ1) is 7.65. The van der Waals surface area contributed by atoms with Crippen molar-refractivity contribution in [2.45, 2.75) is 59.0 Å². The summed E-state index contributed by atoms with van der Waals surface area (Å²) in [6.07, 6.45) is 5.23. The molecule has 1 aromatic rings. The van der Waals surface area contributed by atoms with E-state index >= 15 is 0 Å². The number of nitrogens with one attached hydrogen (secondary N) is 1. The van der Waals surface area contributed by atoms with E-state index in [1.165, 1.54) is 12.8 Å². The van der Waals surface area contributed by atoms with Crippen molar-refractivity contribution in [3.05, 3.63) is 12.2 Å². The highest BCUT2D eigenvalue weighted by atomic mass is 15.3. The summed E-state index contributed by atoms with van der Waals surface area (Å²) in [7, 11) is 0. The Morgan fingerprint density at radius 3 is 2.75 bits per heavy atom. The molecule has 4 nitrogen and oxygen atoms in total. The minimum Gasteiger partial charge on any atom is -0.315 e. The van der Waals surface area contributed by atoms with E-state index in [4.69, 9.17) is 0 Å². The lowest BCUT2D eigenvalue weighted by Crippen LogP contribution is -2.28. The lowest BCUT2D eigenvalue weighted by Gasteiger charge is -2.13. The fourth-order valence-corrected chi connectivity index (χ4v) is 1.84. The predicted octanol–water partition coefficient (Wildman–Crippen LogP) is 2.18. The number of nitrogens with zero attached hydrogens (tertiary/aromatic N) is 3. The van der Waals surface area contributed by atoms with Crippen LogP contribution in [-0.4, -0.2) is 27.4 Å². The van der Waals surface area contributed by atoms with E-state index in [1.807, 2.05) is 6.33 Å². The summed E-state index contributed by atoms with van der Waals surface area (Å²) in [6.45, 7) is 9.73. The van der Waals surface area contributed by atoms with Gasteiger partial charge in [-0.25, -0.2) is 0 Å². The number of hydrogen-bond acceptors (Lipinski definition) is 3. The molecule has 1 rings (SSSR count). The van der Waals surface area contributed by atoms with Gasteiger partial charge in [-0.05, 0) is 27.2 Å². The highest BCUT2D eigenvalue weighted by Gasteiger charge is 2.07. The van der Waals surface area contributed by atoms with Crippen LogP contribution in [0.5, 0.6) is 0 Å². The van der Waals surface area contributed by atoms with Crippen LogP contribution in [0.15, 0.2) is 6.33 Å². The van der Waals surface area contributed by atoms with Gasteiger partial charge in [0.15, 0.2) is 0 Å². The third kappa shape index (κ3) is 3.93. The lowest BCUT2D eigenvalue weighted by molar-refractivity contribution is 0.496. The molecule has 0 spiro atoms. The van der Waals surface area contributed by atoms with E-state index in [0.717, 1.165) is 18.8 Å². The first-order valence-corrected chi connectivity index (χ1v) is 6.26. The van der Waals surface area contributed by atoms with Crippen LogP contribution in [0.2, 0.25) is 0 Å². The maximum absolute atomic E-state index is 4.15. The van der Waals surface area contributed by atoms with Crippen molar-refractivity contribution in [1.82, 2.24) is 20.1 Å². The van der Waals surface area contributed by atoms with Gasteiger partial charge in [-0.3, -0.25) is 0 Å². The van der Waals surface area contributed by atoms with Gasteiger partial charge in [0.2, 0.25) is 0 Å². The van der Waals surface area contributed by atoms with Gasteiger partial charge in [0, 0.05) is 25.0 Å². The van der Waals surface area contributed by atoms with Crippen LogP contribution in [0, 0.1) is 0 Å². The van der Waals surface area contributed by atoms with Gasteiger partial charge in [0.1, 0.15) is 12.2 Å². The van der Waals surface area contributed by atoms with Crippen LogP contribution in [0.1, 0.15) is 52.4 Å². The maximum atomic E-state index is 4.15.